The second-order valence-electron chi connectivity index (χ2n) is 4.84. The van der Waals surface area contributed by atoms with E-state index in [2.05, 4.69) is 53.8 Å². The van der Waals surface area contributed by atoms with Gasteiger partial charge < -0.3 is 4.74 Å². The van der Waals surface area contributed by atoms with Crippen LogP contribution in [0.25, 0.3) is 0 Å². The highest BCUT2D eigenvalue weighted by Gasteiger charge is 2.01. The average molecular weight is 329 g/mol. The quantitative estimate of drug-likeness (QED) is 0.717. The highest BCUT2D eigenvalue weighted by Crippen LogP contribution is 2.22. The molecular formula is C18H17BrO. The van der Waals surface area contributed by atoms with Crippen LogP contribution in [-0.2, 0) is 6.61 Å². The number of hydrogen-bond acceptors (Lipinski definition) is 1. The Bertz CT molecular complexity index is 621. The van der Waals surface area contributed by atoms with Crippen LogP contribution in [0.3, 0.4) is 0 Å². The van der Waals surface area contributed by atoms with Crippen molar-refractivity contribution in [3.63, 3.8) is 0 Å². The SMILES string of the molecule is CC(C)C#Cc1cc(OCc2ccccc2)ccc1Br. The molecular weight excluding hydrogens is 312 g/mol. The van der Waals surface area contributed by atoms with Gasteiger partial charge in [0.2, 0.25) is 0 Å². The number of ether oxygens (including phenoxy) is 1. The van der Waals surface area contributed by atoms with Crippen LogP contribution in [0, 0.1) is 17.8 Å². The molecule has 1 nitrogen and oxygen atoms in total. The van der Waals surface area contributed by atoms with Gasteiger partial charge in [-0.05, 0) is 39.7 Å². The van der Waals surface area contributed by atoms with Crippen LogP contribution in [0.2, 0.25) is 0 Å². The van der Waals surface area contributed by atoms with Crippen molar-refractivity contribution in [3.05, 3.63) is 64.1 Å². The second kappa shape index (κ2) is 7.17. The Kier molecular flexibility index (Phi) is 5.26. The van der Waals surface area contributed by atoms with Crippen molar-refractivity contribution in [2.45, 2.75) is 20.5 Å². The van der Waals surface area contributed by atoms with Crippen molar-refractivity contribution in [1.29, 1.82) is 0 Å². The largest absolute Gasteiger partial charge is 0.489 e. The van der Waals surface area contributed by atoms with Gasteiger partial charge in [-0.25, -0.2) is 0 Å². The monoisotopic (exact) mass is 328 g/mol. The van der Waals surface area contributed by atoms with Gasteiger partial charge in [0.1, 0.15) is 12.4 Å². The zero-order valence-electron chi connectivity index (χ0n) is 11.7. The van der Waals surface area contributed by atoms with E-state index in [-0.39, 0.29) is 0 Å². The van der Waals surface area contributed by atoms with E-state index in [1.807, 2.05) is 36.4 Å². The molecule has 0 aliphatic carbocycles. The van der Waals surface area contributed by atoms with E-state index < -0.39 is 0 Å². The van der Waals surface area contributed by atoms with Gasteiger partial charge in [0.15, 0.2) is 0 Å². The van der Waals surface area contributed by atoms with E-state index in [4.69, 9.17) is 4.74 Å². The highest BCUT2D eigenvalue weighted by atomic mass is 79.9. The molecule has 0 saturated heterocycles. The minimum Gasteiger partial charge on any atom is -0.489 e. The molecule has 2 aromatic rings. The lowest BCUT2D eigenvalue weighted by atomic mass is 10.1. The first-order chi connectivity index (χ1) is 9.65. The molecule has 0 aromatic heterocycles. The van der Waals surface area contributed by atoms with Crippen LogP contribution in [0.1, 0.15) is 25.0 Å². The molecule has 0 radical (unpaired) electrons. The van der Waals surface area contributed by atoms with Gasteiger partial charge in [-0.2, -0.15) is 0 Å². The molecule has 0 amide bonds. The molecule has 0 saturated carbocycles. The van der Waals surface area contributed by atoms with E-state index in [1.165, 1.54) is 0 Å². The summed E-state index contributed by atoms with van der Waals surface area (Å²) in [6.07, 6.45) is 0. The Morgan fingerprint density at radius 2 is 1.85 bits per heavy atom. The van der Waals surface area contributed by atoms with E-state index in [1.54, 1.807) is 0 Å². The molecule has 0 unspecified atom stereocenters. The summed E-state index contributed by atoms with van der Waals surface area (Å²) >= 11 is 3.52. The predicted octanol–water partition coefficient (Wildman–Crippen LogP) is 5.04. The molecule has 2 aromatic carbocycles. The molecule has 0 N–H and O–H groups in total. The molecule has 0 spiro atoms. The fraction of sp³-hybridized carbons (Fsp3) is 0.222. The lowest BCUT2D eigenvalue weighted by Crippen LogP contribution is -1.95. The zero-order chi connectivity index (χ0) is 14.4. The maximum atomic E-state index is 5.81. The van der Waals surface area contributed by atoms with Gasteiger partial charge >= 0.3 is 0 Å². The third kappa shape index (κ3) is 4.43. The van der Waals surface area contributed by atoms with Gasteiger partial charge in [-0.3, -0.25) is 0 Å². The molecule has 0 bridgehead atoms. The summed E-state index contributed by atoms with van der Waals surface area (Å²) in [5.41, 5.74) is 2.12. The van der Waals surface area contributed by atoms with Gasteiger partial charge in [0.05, 0.1) is 0 Å². The summed E-state index contributed by atoms with van der Waals surface area (Å²) in [4.78, 5) is 0. The number of rotatable bonds is 3. The molecule has 102 valence electrons. The van der Waals surface area contributed by atoms with Gasteiger partial charge in [0, 0.05) is 16.0 Å². The van der Waals surface area contributed by atoms with Crippen molar-refractivity contribution in [2.24, 2.45) is 5.92 Å². The second-order valence-corrected chi connectivity index (χ2v) is 5.69. The van der Waals surface area contributed by atoms with Crippen LogP contribution in [0.5, 0.6) is 5.75 Å². The first-order valence-corrected chi connectivity index (χ1v) is 7.42. The summed E-state index contributed by atoms with van der Waals surface area (Å²) < 4.78 is 6.80. The van der Waals surface area contributed by atoms with Gasteiger partial charge in [-0.1, -0.05) is 56.0 Å². The fourth-order valence-corrected chi connectivity index (χ4v) is 2.00. The highest BCUT2D eigenvalue weighted by molar-refractivity contribution is 9.10. The van der Waals surface area contributed by atoms with Crippen LogP contribution in [0.15, 0.2) is 53.0 Å². The topological polar surface area (TPSA) is 9.23 Å². The van der Waals surface area contributed by atoms with E-state index >= 15 is 0 Å². The predicted molar refractivity (Wildman–Crippen MR) is 86.6 cm³/mol. The van der Waals surface area contributed by atoms with Crippen LogP contribution >= 0.6 is 15.9 Å². The molecule has 0 fully saturated rings. The molecule has 0 heterocycles. The Labute approximate surface area is 129 Å². The lowest BCUT2D eigenvalue weighted by Gasteiger charge is -2.07. The summed E-state index contributed by atoms with van der Waals surface area (Å²) in [7, 11) is 0. The zero-order valence-corrected chi connectivity index (χ0v) is 13.3. The molecule has 20 heavy (non-hydrogen) atoms. The number of benzene rings is 2. The van der Waals surface area contributed by atoms with E-state index in [0.717, 1.165) is 21.3 Å². The van der Waals surface area contributed by atoms with Crippen LogP contribution in [-0.4, -0.2) is 0 Å². The van der Waals surface area contributed by atoms with Crippen molar-refractivity contribution < 1.29 is 4.74 Å². The van der Waals surface area contributed by atoms with Crippen LogP contribution in [0.4, 0.5) is 0 Å². The molecule has 0 aliphatic heterocycles. The molecule has 0 atom stereocenters. The smallest absolute Gasteiger partial charge is 0.121 e. The summed E-state index contributed by atoms with van der Waals surface area (Å²) in [5, 5.41) is 0. The third-order valence-electron chi connectivity index (χ3n) is 2.68. The minimum atomic E-state index is 0.357. The first kappa shape index (κ1) is 14.7. The number of hydrogen-bond donors (Lipinski definition) is 0. The summed E-state index contributed by atoms with van der Waals surface area (Å²) in [6, 6.07) is 16.0. The third-order valence-corrected chi connectivity index (χ3v) is 3.37. The van der Waals surface area contributed by atoms with Crippen molar-refractivity contribution in [2.75, 3.05) is 0 Å². The molecule has 2 rings (SSSR count). The van der Waals surface area contributed by atoms with E-state index in [9.17, 15) is 0 Å². The van der Waals surface area contributed by atoms with Crippen molar-refractivity contribution >= 4 is 15.9 Å². The maximum absolute atomic E-state index is 5.81. The molecule has 0 aliphatic rings. The minimum absolute atomic E-state index is 0.357. The van der Waals surface area contributed by atoms with Crippen molar-refractivity contribution in [3.8, 4) is 17.6 Å². The first-order valence-electron chi connectivity index (χ1n) is 6.63. The van der Waals surface area contributed by atoms with Gasteiger partial charge in [0.25, 0.3) is 0 Å². The van der Waals surface area contributed by atoms with Crippen LogP contribution < -0.4 is 4.74 Å². The Morgan fingerprint density at radius 1 is 1.10 bits per heavy atom. The van der Waals surface area contributed by atoms with E-state index in [0.29, 0.717) is 12.5 Å². The summed E-state index contributed by atoms with van der Waals surface area (Å²) in [5.74, 6) is 7.54. The van der Waals surface area contributed by atoms with Crippen molar-refractivity contribution in [1.82, 2.24) is 0 Å². The number of halogens is 1. The fourth-order valence-electron chi connectivity index (χ4n) is 1.65. The maximum Gasteiger partial charge on any atom is 0.121 e. The Hall–Kier alpha value is -1.72. The average Bonchev–Trinajstić information content (AvgIpc) is 2.46. The normalized spacial score (nSPS) is 10.0. The summed E-state index contributed by atoms with van der Waals surface area (Å²) in [6.45, 7) is 4.73. The Morgan fingerprint density at radius 3 is 2.55 bits per heavy atom. The Balaban J connectivity index is 2.10. The van der Waals surface area contributed by atoms with Gasteiger partial charge in [-0.15, -0.1) is 0 Å². The lowest BCUT2D eigenvalue weighted by molar-refractivity contribution is 0.306. The molecule has 2 heteroatoms. The standard InChI is InChI=1S/C18H17BrO/c1-14(2)8-9-16-12-17(10-11-18(16)19)20-13-15-6-4-3-5-7-15/h3-7,10-12,14H,13H2,1-2H3.